The van der Waals surface area contributed by atoms with Crippen LogP contribution in [-0.2, 0) is 9.53 Å². The van der Waals surface area contributed by atoms with Crippen LogP contribution in [0.3, 0.4) is 0 Å². The van der Waals surface area contributed by atoms with Gasteiger partial charge in [-0.25, -0.2) is 5.43 Å². The van der Waals surface area contributed by atoms with Gasteiger partial charge in [-0.1, -0.05) is 0 Å². The van der Waals surface area contributed by atoms with E-state index in [0.717, 1.165) is 19.4 Å². The summed E-state index contributed by atoms with van der Waals surface area (Å²) in [5.74, 6) is 0.205. The third-order valence-electron chi connectivity index (χ3n) is 3.67. The Bertz CT molecular complexity index is 592. The molecule has 130 valence electrons. The SMILES string of the molecule is COc1ccc(C(=O)N/N=C(/C)CC(=O)NC[C@@H]2CCCO2)cc1. The quantitative estimate of drug-likeness (QED) is 0.584. The maximum Gasteiger partial charge on any atom is 0.271 e. The van der Waals surface area contributed by atoms with Crippen molar-refractivity contribution in [2.75, 3.05) is 20.3 Å². The van der Waals surface area contributed by atoms with Crippen LogP contribution in [0.5, 0.6) is 5.75 Å². The third kappa shape index (κ3) is 5.66. The maximum atomic E-state index is 12.0. The van der Waals surface area contributed by atoms with Crippen LogP contribution >= 0.6 is 0 Å². The van der Waals surface area contributed by atoms with E-state index in [2.05, 4.69) is 15.8 Å². The molecule has 1 fully saturated rings. The van der Waals surface area contributed by atoms with Gasteiger partial charge in [0.2, 0.25) is 5.91 Å². The molecule has 2 N–H and O–H groups in total. The van der Waals surface area contributed by atoms with Crippen molar-refractivity contribution in [3.8, 4) is 5.75 Å². The van der Waals surface area contributed by atoms with Gasteiger partial charge in [-0.05, 0) is 44.0 Å². The molecule has 1 heterocycles. The highest BCUT2D eigenvalue weighted by atomic mass is 16.5. The van der Waals surface area contributed by atoms with Crippen molar-refractivity contribution in [2.24, 2.45) is 5.10 Å². The Balaban J connectivity index is 1.75. The van der Waals surface area contributed by atoms with E-state index in [4.69, 9.17) is 9.47 Å². The van der Waals surface area contributed by atoms with Gasteiger partial charge < -0.3 is 14.8 Å². The van der Waals surface area contributed by atoms with E-state index < -0.39 is 0 Å². The Morgan fingerprint density at radius 3 is 2.71 bits per heavy atom. The van der Waals surface area contributed by atoms with Gasteiger partial charge >= 0.3 is 0 Å². The van der Waals surface area contributed by atoms with Gasteiger partial charge in [0.05, 0.1) is 19.6 Å². The second kappa shape index (κ2) is 9.02. The zero-order valence-electron chi connectivity index (χ0n) is 14.0. The first-order valence-corrected chi connectivity index (χ1v) is 7.94. The molecular formula is C17H23N3O4. The normalized spacial score (nSPS) is 17.4. The van der Waals surface area contributed by atoms with Crippen LogP contribution in [0.15, 0.2) is 29.4 Å². The van der Waals surface area contributed by atoms with Crippen LogP contribution in [0.1, 0.15) is 36.5 Å². The Kier molecular flexibility index (Phi) is 6.74. The van der Waals surface area contributed by atoms with Gasteiger partial charge in [0.15, 0.2) is 0 Å². The van der Waals surface area contributed by atoms with Crippen molar-refractivity contribution in [3.05, 3.63) is 29.8 Å². The number of nitrogens with zero attached hydrogens (tertiary/aromatic N) is 1. The second-order valence-electron chi connectivity index (χ2n) is 5.63. The minimum absolute atomic E-state index is 0.112. The molecule has 1 atom stereocenters. The fourth-order valence-corrected chi connectivity index (χ4v) is 2.32. The van der Waals surface area contributed by atoms with Crippen LogP contribution < -0.4 is 15.5 Å². The van der Waals surface area contributed by atoms with Gasteiger partial charge in [-0.15, -0.1) is 0 Å². The summed E-state index contributed by atoms with van der Waals surface area (Å²) in [5.41, 5.74) is 3.44. The molecule has 2 rings (SSSR count). The predicted octanol–water partition coefficient (Wildman–Crippen LogP) is 1.49. The number of carbonyl (C=O) groups is 2. The Morgan fingerprint density at radius 2 is 2.08 bits per heavy atom. The second-order valence-corrected chi connectivity index (χ2v) is 5.63. The molecule has 0 bridgehead atoms. The average Bonchev–Trinajstić information content (AvgIpc) is 3.11. The van der Waals surface area contributed by atoms with Gasteiger partial charge in [0.25, 0.3) is 5.91 Å². The van der Waals surface area contributed by atoms with Gasteiger partial charge in [0.1, 0.15) is 5.75 Å². The summed E-state index contributed by atoms with van der Waals surface area (Å²) in [5, 5.41) is 6.77. The van der Waals surface area contributed by atoms with Gasteiger partial charge in [-0.3, -0.25) is 9.59 Å². The molecule has 1 aromatic carbocycles. The first-order chi connectivity index (χ1) is 11.6. The summed E-state index contributed by atoms with van der Waals surface area (Å²) < 4.78 is 10.5. The minimum atomic E-state index is -0.336. The number of ether oxygens (including phenoxy) is 2. The van der Waals surface area contributed by atoms with Crippen molar-refractivity contribution in [3.63, 3.8) is 0 Å². The number of hydrazone groups is 1. The average molecular weight is 333 g/mol. The van der Waals surface area contributed by atoms with E-state index in [1.165, 1.54) is 0 Å². The molecule has 1 saturated heterocycles. The molecule has 0 spiro atoms. The van der Waals surface area contributed by atoms with Crippen LogP contribution in [0.25, 0.3) is 0 Å². The topological polar surface area (TPSA) is 89.0 Å². The standard InChI is InChI=1S/C17H23N3O4/c1-12(10-16(21)18-11-15-4-3-9-24-15)19-20-17(22)13-5-7-14(23-2)8-6-13/h5-8,15H,3-4,9-11H2,1-2H3,(H,18,21)(H,20,22)/b19-12-/t15-/m0/s1. The number of benzene rings is 1. The number of rotatable bonds is 7. The summed E-state index contributed by atoms with van der Waals surface area (Å²) in [6, 6.07) is 6.69. The molecule has 24 heavy (non-hydrogen) atoms. The lowest BCUT2D eigenvalue weighted by Gasteiger charge is -2.10. The lowest BCUT2D eigenvalue weighted by Crippen LogP contribution is -2.33. The summed E-state index contributed by atoms with van der Waals surface area (Å²) in [7, 11) is 1.56. The molecule has 1 aromatic rings. The largest absolute Gasteiger partial charge is 0.497 e. The number of nitrogens with one attached hydrogen (secondary N) is 2. The zero-order valence-corrected chi connectivity index (χ0v) is 14.0. The lowest BCUT2D eigenvalue weighted by molar-refractivity contribution is -0.120. The molecule has 1 aliphatic heterocycles. The molecule has 7 heteroatoms. The smallest absolute Gasteiger partial charge is 0.271 e. The first-order valence-electron chi connectivity index (χ1n) is 7.94. The van der Waals surface area contributed by atoms with Crippen LogP contribution in [-0.4, -0.2) is 43.9 Å². The molecule has 1 aliphatic rings. The highest BCUT2D eigenvalue weighted by Gasteiger charge is 2.16. The number of hydrogen-bond donors (Lipinski definition) is 2. The molecule has 0 radical (unpaired) electrons. The van der Waals surface area contributed by atoms with E-state index in [0.29, 0.717) is 23.6 Å². The number of hydrogen-bond acceptors (Lipinski definition) is 5. The third-order valence-corrected chi connectivity index (χ3v) is 3.67. The summed E-state index contributed by atoms with van der Waals surface area (Å²) in [4.78, 5) is 23.8. The predicted molar refractivity (Wildman–Crippen MR) is 90.2 cm³/mol. The Labute approximate surface area is 141 Å². The highest BCUT2D eigenvalue weighted by molar-refractivity contribution is 6.01. The lowest BCUT2D eigenvalue weighted by atomic mass is 10.2. The Morgan fingerprint density at radius 1 is 1.33 bits per heavy atom. The van der Waals surface area contributed by atoms with E-state index in [1.807, 2.05) is 0 Å². The van der Waals surface area contributed by atoms with Gasteiger partial charge in [0, 0.05) is 24.4 Å². The van der Waals surface area contributed by atoms with Crippen molar-refractivity contribution in [1.82, 2.24) is 10.7 Å². The van der Waals surface area contributed by atoms with Crippen LogP contribution in [0, 0.1) is 0 Å². The van der Waals surface area contributed by atoms with E-state index in [9.17, 15) is 9.59 Å². The summed E-state index contributed by atoms with van der Waals surface area (Å²) in [6.07, 6.45) is 2.26. The zero-order chi connectivity index (χ0) is 17.4. The van der Waals surface area contributed by atoms with Crippen molar-refractivity contribution < 1.29 is 19.1 Å². The van der Waals surface area contributed by atoms with Crippen molar-refractivity contribution >= 4 is 17.5 Å². The molecule has 7 nitrogen and oxygen atoms in total. The van der Waals surface area contributed by atoms with E-state index >= 15 is 0 Å². The monoisotopic (exact) mass is 333 g/mol. The molecule has 0 aromatic heterocycles. The van der Waals surface area contributed by atoms with Crippen molar-refractivity contribution in [1.29, 1.82) is 0 Å². The van der Waals surface area contributed by atoms with Crippen LogP contribution in [0.2, 0.25) is 0 Å². The fourth-order valence-electron chi connectivity index (χ4n) is 2.32. The van der Waals surface area contributed by atoms with Gasteiger partial charge in [-0.2, -0.15) is 5.10 Å². The van der Waals surface area contributed by atoms with E-state index in [1.54, 1.807) is 38.3 Å². The van der Waals surface area contributed by atoms with Crippen molar-refractivity contribution in [2.45, 2.75) is 32.3 Å². The number of methoxy groups -OCH3 is 1. The summed E-state index contributed by atoms with van der Waals surface area (Å²) >= 11 is 0. The molecular weight excluding hydrogens is 310 g/mol. The van der Waals surface area contributed by atoms with E-state index in [-0.39, 0.29) is 24.3 Å². The number of carbonyl (C=O) groups excluding carboxylic acids is 2. The summed E-state index contributed by atoms with van der Waals surface area (Å²) in [6.45, 7) is 2.97. The maximum absolute atomic E-state index is 12.0. The molecule has 2 amide bonds. The van der Waals surface area contributed by atoms with Crippen LogP contribution in [0.4, 0.5) is 0 Å². The molecule has 0 aliphatic carbocycles. The molecule has 0 unspecified atom stereocenters. The number of amides is 2. The Hall–Kier alpha value is -2.41. The fraction of sp³-hybridized carbons (Fsp3) is 0.471. The molecule has 0 saturated carbocycles. The minimum Gasteiger partial charge on any atom is -0.497 e. The first kappa shape index (κ1) is 17.9. The highest BCUT2D eigenvalue weighted by Crippen LogP contribution is 2.11.